The second kappa shape index (κ2) is 2.96. The van der Waals surface area contributed by atoms with Crippen LogP contribution in [0.1, 0.15) is 6.92 Å². The Kier molecular flexibility index (Phi) is 2.00. The summed E-state index contributed by atoms with van der Waals surface area (Å²) in [5, 5.41) is 15.3. The van der Waals surface area contributed by atoms with Gasteiger partial charge in [-0.15, -0.1) is 10.2 Å². The maximum absolute atomic E-state index is 10.3. The van der Waals surface area contributed by atoms with Crippen LogP contribution in [0.5, 0.6) is 11.8 Å². The first kappa shape index (κ1) is 7.46. The van der Waals surface area contributed by atoms with Crippen molar-refractivity contribution in [2.75, 3.05) is 0 Å². The van der Waals surface area contributed by atoms with Crippen molar-refractivity contribution in [1.29, 1.82) is 0 Å². The summed E-state index contributed by atoms with van der Waals surface area (Å²) in [5.74, 6) is -0.596. The Balaban J connectivity index is 2.74. The molecule has 0 amide bonds. The minimum Gasteiger partial charge on any atom is -0.492 e. The molecule has 0 atom stereocenters. The lowest BCUT2D eigenvalue weighted by atomic mass is 10.5. The Hall–Kier alpha value is -1.65. The van der Waals surface area contributed by atoms with Crippen molar-refractivity contribution in [2.45, 2.75) is 6.92 Å². The molecule has 0 bridgehead atoms. The molecule has 1 heterocycles. The molecule has 0 radical (unpaired) electrons. The lowest BCUT2D eigenvalue weighted by Gasteiger charge is -1.96. The number of ether oxygens (including phenoxy) is 1. The summed E-state index contributed by atoms with van der Waals surface area (Å²) in [6, 6.07) is 2.63. The summed E-state index contributed by atoms with van der Waals surface area (Å²) < 4.78 is 4.55. The molecule has 0 aliphatic heterocycles. The number of aromatic nitrogens is 2. The van der Waals surface area contributed by atoms with Crippen LogP contribution in [0.15, 0.2) is 12.1 Å². The monoisotopic (exact) mass is 154 g/mol. The summed E-state index contributed by atoms with van der Waals surface area (Å²) in [4.78, 5) is 10.3. The predicted molar refractivity (Wildman–Crippen MR) is 35.0 cm³/mol. The summed E-state index contributed by atoms with van der Waals surface area (Å²) in [6.07, 6.45) is 0. The third-order valence-electron chi connectivity index (χ3n) is 0.874. The van der Waals surface area contributed by atoms with E-state index in [0.717, 1.165) is 0 Å². The molecule has 1 N–H and O–H groups in total. The summed E-state index contributed by atoms with van der Waals surface area (Å²) >= 11 is 0. The van der Waals surface area contributed by atoms with Gasteiger partial charge in [0.05, 0.1) is 0 Å². The Morgan fingerprint density at radius 3 is 2.73 bits per heavy atom. The van der Waals surface area contributed by atoms with Gasteiger partial charge >= 0.3 is 5.97 Å². The average Bonchev–Trinajstić information content (AvgIpc) is 1.93. The van der Waals surface area contributed by atoms with E-state index in [0.29, 0.717) is 0 Å². The van der Waals surface area contributed by atoms with Crippen LogP contribution in [0.25, 0.3) is 0 Å². The lowest BCUT2D eigenvalue weighted by molar-refractivity contribution is -0.132. The Labute approximate surface area is 62.6 Å². The quantitative estimate of drug-likeness (QED) is 0.581. The zero-order valence-corrected chi connectivity index (χ0v) is 5.81. The van der Waals surface area contributed by atoms with E-state index in [1.54, 1.807) is 0 Å². The number of carbonyl (C=O) groups is 1. The van der Waals surface area contributed by atoms with E-state index in [9.17, 15) is 4.79 Å². The molecule has 1 aromatic heterocycles. The van der Waals surface area contributed by atoms with Gasteiger partial charge in [0.1, 0.15) is 0 Å². The van der Waals surface area contributed by atoms with Crippen molar-refractivity contribution in [3.05, 3.63) is 12.1 Å². The van der Waals surface area contributed by atoms with Gasteiger partial charge in [0, 0.05) is 19.1 Å². The zero-order chi connectivity index (χ0) is 8.27. The predicted octanol–water partition coefficient (Wildman–Crippen LogP) is 0.107. The fourth-order valence-corrected chi connectivity index (χ4v) is 0.515. The van der Waals surface area contributed by atoms with Crippen LogP contribution >= 0.6 is 0 Å². The second-order valence-corrected chi connectivity index (χ2v) is 1.82. The highest BCUT2D eigenvalue weighted by molar-refractivity contribution is 5.68. The van der Waals surface area contributed by atoms with Crippen LogP contribution in [0, 0.1) is 0 Å². The third kappa shape index (κ3) is 2.21. The first-order chi connectivity index (χ1) is 5.18. The highest BCUT2D eigenvalue weighted by Gasteiger charge is 1.98. The van der Waals surface area contributed by atoms with Crippen LogP contribution in [0.4, 0.5) is 0 Å². The van der Waals surface area contributed by atoms with Crippen molar-refractivity contribution in [2.24, 2.45) is 0 Å². The highest BCUT2D eigenvalue weighted by Crippen LogP contribution is 2.07. The SMILES string of the molecule is CC(=O)Oc1ccc(O)nn1. The molecule has 0 saturated carbocycles. The third-order valence-corrected chi connectivity index (χ3v) is 0.874. The molecule has 58 valence electrons. The number of aromatic hydroxyl groups is 1. The van der Waals surface area contributed by atoms with Gasteiger partial charge in [-0.2, -0.15) is 0 Å². The Bertz CT molecular complexity index is 257. The molecular formula is C6H6N2O3. The number of rotatable bonds is 1. The van der Waals surface area contributed by atoms with Crippen LogP contribution < -0.4 is 4.74 Å². The number of hydrogen-bond donors (Lipinski definition) is 1. The average molecular weight is 154 g/mol. The van der Waals surface area contributed by atoms with E-state index in [4.69, 9.17) is 5.11 Å². The molecule has 0 saturated heterocycles. The lowest BCUT2D eigenvalue weighted by Crippen LogP contribution is -2.03. The standard InChI is InChI=1S/C6H6N2O3/c1-4(9)11-6-3-2-5(10)7-8-6/h2-3H,1H3,(H,7,10). The second-order valence-electron chi connectivity index (χ2n) is 1.82. The Morgan fingerprint density at radius 2 is 2.27 bits per heavy atom. The molecule has 0 aliphatic rings. The fraction of sp³-hybridized carbons (Fsp3) is 0.167. The van der Waals surface area contributed by atoms with Gasteiger partial charge in [-0.3, -0.25) is 4.79 Å². The first-order valence-electron chi connectivity index (χ1n) is 2.89. The van der Waals surface area contributed by atoms with Crippen LogP contribution in [-0.4, -0.2) is 21.3 Å². The normalized spacial score (nSPS) is 9.18. The summed E-state index contributed by atoms with van der Waals surface area (Å²) in [5.41, 5.74) is 0. The molecule has 1 aromatic rings. The van der Waals surface area contributed by atoms with E-state index in [1.807, 2.05) is 0 Å². The minimum atomic E-state index is -0.468. The van der Waals surface area contributed by atoms with Crippen LogP contribution in [-0.2, 0) is 4.79 Å². The molecular weight excluding hydrogens is 148 g/mol. The maximum Gasteiger partial charge on any atom is 0.309 e. The van der Waals surface area contributed by atoms with Crippen molar-refractivity contribution in [1.82, 2.24) is 10.2 Å². The molecule has 0 aliphatic carbocycles. The number of carbonyl (C=O) groups excluding carboxylic acids is 1. The molecule has 0 unspecified atom stereocenters. The van der Waals surface area contributed by atoms with Gasteiger partial charge in [0.25, 0.3) is 0 Å². The van der Waals surface area contributed by atoms with E-state index >= 15 is 0 Å². The molecule has 5 nitrogen and oxygen atoms in total. The molecule has 0 aromatic carbocycles. The van der Waals surface area contributed by atoms with Gasteiger partial charge in [-0.1, -0.05) is 0 Å². The van der Waals surface area contributed by atoms with Gasteiger partial charge in [0.2, 0.25) is 11.8 Å². The number of hydrogen-bond acceptors (Lipinski definition) is 5. The van der Waals surface area contributed by atoms with Crippen LogP contribution in [0.3, 0.4) is 0 Å². The van der Waals surface area contributed by atoms with Crippen molar-refractivity contribution in [3.63, 3.8) is 0 Å². The summed E-state index contributed by atoms with van der Waals surface area (Å²) in [6.45, 7) is 1.26. The van der Waals surface area contributed by atoms with Crippen molar-refractivity contribution < 1.29 is 14.6 Å². The van der Waals surface area contributed by atoms with E-state index in [-0.39, 0.29) is 11.8 Å². The zero-order valence-electron chi connectivity index (χ0n) is 5.81. The van der Waals surface area contributed by atoms with Crippen molar-refractivity contribution >= 4 is 5.97 Å². The van der Waals surface area contributed by atoms with Crippen LogP contribution in [0.2, 0.25) is 0 Å². The first-order valence-corrected chi connectivity index (χ1v) is 2.89. The van der Waals surface area contributed by atoms with E-state index < -0.39 is 5.97 Å². The molecule has 1 rings (SSSR count). The Morgan fingerprint density at radius 1 is 1.55 bits per heavy atom. The van der Waals surface area contributed by atoms with E-state index in [1.165, 1.54) is 19.1 Å². The maximum atomic E-state index is 10.3. The smallest absolute Gasteiger partial charge is 0.309 e. The van der Waals surface area contributed by atoms with Gasteiger partial charge in [-0.25, -0.2) is 0 Å². The molecule has 11 heavy (non-hydrogen) atoms. The molecule has 0 fully saturated rings. The van der Waals surface area contributed by atoms with Crippen molar-refractivity contribution in [3.8, 4) is 11.8 Å². The van der Waals surface area contributed by atoms with Gasteiger partial charge in [0.15, 0.2) is 0 Å². The summed E-state index contributed by atoms with van der Waals surface area (Å²) in [7, 11) is 0. The number of esters is 1. The van der Waals surface area contributed by atoms with E-state index in [2.05, 4.69) is 14.9 Å². The topological polar surface area (TPSA) is 72.3 Å². The number of nitrogens with zero attached hydrogens (tertiary/aromatic N) is 2. The van der Waals surface area contributed by atoms with Gasteiger partial charge < -0.3 is 9.84 Å². The molecule has 5 heteroatoms. The molecule has 0 spiro atoms. The fourth-order valence-electron chi connectivity index (χ4n) is 0.515. The highest BCUT2D eigenvalue weighted by atomic mass is 16.5. The minimum absolute atomic E-state index is 0.0790. The largest absolute Gasteiger partial charge is 0.492 e. The van der Waals surface area contributed by atoms with Gasteiger partial charge in [-0.05, 0) is 0 Å².